The van der Waals surface area contributed by atoms with E-state index < -0.39 is 0 Å². The molecule has 6 heteroatoms. The van der Waals surface area contributed by atoms with E-state index in [-0.39, 0.29) is 0 Å². The molecule has 0 saturated heterocycles. The minimum atomic E-state index is 0.447. The Kier molecular flexibility index (Phi) is 3.46. The van der Waals surface area contributed by atoms with Gasteiger partial charge in [-0.3, -0.25) is 4.98 Å². The molecule has 2 aromatic heterocycles. The molecule has 0 spiro atoms. The summed E-state index contributed by atoms with van der Waals surface area (Å²) in [6.07, 6.45) is 3.27. The predicted molar refractivity (Wildman–Crippen MR) is 64.9 cm³/mol. The van der Waals surface area contributed by atoms with Gasteiger partial charge < -0.3 is 0 Å². The van der Waals surface area contributed by atoms with Crippen LogP contribution in [0, 0.1) is 0 Å². The average Bonchev–Trinajstić information content (AvgIpc) is 2.66. The number of pyridine rings is 1. The molecule has 0 radical (unpaired) electrons. The molecule has 0 unspecified atom stereocenters. The van der Waals surface area contributed by atoms with Crippen molar-refractivity contribution in [3.63, 3.8) is 0 Å². The van der Waals surface area contributed by atoms with Gasteiger partial charge in [-0.1, -0.05) is 23.2 Å². The highest BCUT2D eigenvalue weighted by Crippen LogP contribution is 2.31. The first-order valence-electron chi connectivity index (χ1n) is 4.03. The molecule has 0 amide bonds. The summed E-state index contributed by atoms with van der Waals surface area (Å²) >= 11 is 18.9. The zero-order chi connectivity index (χ0) is 10.8. The summed E-state index contributed by atoms with van der Waals surface area (Å²) in [4.78, 5) is 9.31. The van der Waals surface area contributed by atoms with Crippen molar-refractivity contribution in [1.82, 2.24) is 9.97 Å². The molecule has 0 aliphatic rings. The highest BCUT2D eigenvalue weighted by molar-refractivity contribution is 7.15. The van der Waals surface area contributed by atoms with E-state index in [1.165, 1.54) is 11.3 Å². The minimum Gasteiger partial charge on any atom is -0.251 e. The lowest BCUT2D eigenvalue weighted by molar-refractivity contribution is 1.28. The number of hydrogen-bond donors (Lipinski definition) is 0. The number of halogens is 3. The molecule has 0 atom stereocenters. The fraction of sp³-hybridized carbons (Fsp3) is 0.111. The second-order valence-corrected chi connectivity index (χ2v) is 4.98. The Morgan fingerprint density at radius 1 is 1.20 bits per heavy atom. The van der Waals surface area contributed by atoms with Gasteiger partial charge in [0.15, 0.2) is 0 Å². The smallest absolute Gasteiger partial charge is 0.143 e. The quantitative estimate of drug-likeness (QED) is 0.768. The van der Waals surface area contributed by atoms with E-state index in [1.807, 2.05) is 0 Å². The van der Waals surface area contributed by atoms with Crippen LogP contribution in [-0.2, 0) is 5.88 Å². The zero-order valence-electron chi connectivity index (χ0n) is 7.38. The van der Waals surface area contributed by atoms with Crippen LogP contribution in [0.3, 0.4) is 0 Å². The molecule has 2 heterocycles. The Bertz CT molecular complexity index is 484. The summed E-state index contributed by atoms with van der Waals surface area (Å²) in [5, 5.41) is 1.77. The van der Waals surface area contributed by atoms with Crippen LogP contribution in [0.1, 0.15) is 4.88 Å². The standard InChI is InChI=1S/C9H5Cl3N2S/c10-2-6-4-14-9(15-6)8-7(12)1-5(11)3-13-8/h1,3-4H,2H2. The molecule has 2 nitrogen and oxygen atoms in total. The summed E-state index contributed by atoms with van der Waals surface area (Å²) in [5.41, 5.74) is 0.641. The van der Waals surface area contributed by atoms with E-state index in [0.717, 1.165) is 9.88 Å². The maximum absolute atomic E-state index is 6.00. The largest absolute Gasteiger partial charge is 0.251 e. The van der Waals surface area contributed by atoms with E-state index in [4.69, 9.17) is 34.8 Å². The summed E-state index contributed by atoms with van der Waals surface area (Å²) in [7, 11) is 0. The zero-order valence-corrected chi connectivity index (χ0v) is 10.5. The fourth-order valence-electron chi connectivity index (χ4n) is 1.05. The number of alkyl halides is 1. The SMILES string of the molecule is ClCc1cnc(-c2ncc(Cl)cc2Cl)s1. The van der Waals surface area contributed by atoms with Gasteiger partial charge in [0.1, 0.15) is 10.7 Å². The van der Waals surface area contributed by atoms with Gasteiger partial charge in [0, 0.05) is 17.3 Å². The molecule has 0 aliphatic heterocycles. The van der Waals surface area contributed by atoms with Gasteiger partial charge in [-0.2, -0.15) is 0 Å². The van der Waals surface area contributed by atoms with E-state index in [0.29, 0.717) is 21.6 Å². The van der Waals surface area contributed by atoms with Gasteiger partial charge in [-0.05, 0) is 6.07 Å². The lowest BCUT2D eigenvalue weighted by Crippen LogP contribution is -1.83. The van der Waals surface area contributed by atoms with E-state index >= 15 is 0 Å². The maximum Gasteiger partial charge on any atom is 0.143 e. The third kappa shape index (κ3) is 2.42. The summed E-state index contributed by atoms with van der Waals surface area (Å²) in [5.74, 6) is 0.447. The van der Waals surface area contributed by atoms with Crippen molar-refractivity contribution in [1.29, 1.82) is 0 Å². The number of nitrogens with zero attached hydrogens (tertiary/aromatic N) is 2. The molecule has 0 aromatic carbocycles. The van der Waals surface area contributed by atoms with Crippen LogP contribution in [0.5, 0.6) is 0 Å². The number of hydrogen-bond acceptors (Lipinski definition) is 3. The molecular weight excluding hydrogens is 275 g/mol. The number of rotatable bonds is 2. The van der Waals surface area contributed by atoms with Gasteiger partial charge in [-0.25, -0.2) is 4.98 Å². The molecule has 2 aromatic rings. The van der Waals surface area contributed by atoms with E-state index in [1.54, 1.807) is 18.5 Å². The number of thiazole rings is 1. The van der Waals surface area contributed by atoms with Gasteiger partial charge >= 0.3 is 0 Å². The van der Waals surface area contributed by atoms with Crippen molar-refractivity contribution in [3.05, 3.63) is 33.4 Å². The maximum atomic E-state index is 6.00. The molecule has 0 saturated carbocycles. The van der Waals surface area contributed by atoms with Crippen molar-refractivity contribution < 1.29 is 0 Å². The fourth-order valence-corrected chi connectivity index (χ4v) is 2.58. The second-order valence-electron chi connectivity index (χ2n) is 2.75. The normalized spacial score (nSPS) is 10.6. The van der Waals surface area contributed by atoms with Crippen LogP contribution >= 0.6 is 46.1 Å². The van der Waals surface area contributed by atoms with Gasteiger partial charge in [0.2, 0.25) is 0 Å². The number of aromatic nitrogens is 2. The molecule has 78 valence electrons. The predicted octanol–water partition coefficient (Wildman–Crippen LogP) is 4.25. The first-order valence-corrected chi connectivity index (χ1v) is 6.13. The highest BCUT2D eigenvalue weighted by Gasteiger charge is 2.10. The minimum absolute atomic E-state index is 0.447. The van der Waals surface area contributed by atoms with Crippen LogP contribution in [0.4, 0.5) is 0 Å². The summed E-state index contributed by atoms with van der Waals surface area (Å²) in [6, 6.07) is 1.65. The monoisotopic (exact) mass is 278 g/mol. The lowest BCUT2D eigenvalue weighted by atomic mass is 10.3. The topological polar surface area (TPSA) is 25.8 Å². The van der Waals surface area contributed by atoms with Crippen molar-refractivity contribution in [2.24, 2.45) is 0 Å². The lowest BCUT2D eigenvalue weighted by Gasteiger charge is -1.98. The van der Waals surface area contributed by atoms with Gasteiger partial charge in [0.25, 0.3) is 0 Å². The van der Waals surface area contributed by atoms with E-state index in [2.05, 4.69) is 9.97 Å². The van der Waals surface area contributed by atoms with Gasteiger partial charge in [0.05, 0.1) is 15.9 Å². The van der Waals surface area contributed by atoms with Crippen molar-refractivity contribution in [3.8, 4) is 10.7 Å². The van der Waals surface area contributed by atoms with Crippen LogP contribution in [0.25, 0.3) is 10.7 Å². The molecular formula is C9H5Cl3N2S. The Morgan fingerprint density at radius 3 is 2.60 bits per heavy atom. The molecule has 0 fully saturated rings. The van der Waals surface area contributed by atoms with E-state index in [9.17, 15) is 0 Å². The average molecular weight is 280 g/mol. The molecule has 15 heavy (non-hydrogen) atoms. The van der Waals surface area contributed by atoms with Crippen LogP contribution in [0.15, 0.2) is 18.5 Å². The Labute approximate surface area is 106 Å². The van der Waals surface area contributed by atoms with Crippen molar-refractivity contribution >= 4 is 46.1 Å². The van der Waals surface area contributed by atoms with Crippen molar-refractivity contribution in [2.75, 3.05) is 0 Å². The Hall–Kier alpha value is -0.350. The third-order valence-corrected chi connectivity index (χ3v) is 3.64. The second kappa shape index (κ2) is 4.66. The summed E-state index contributed by atoms with van der Waals surface area (Å²) < 4.78 is 0. The molecule has 0 bridgehead atoms. The first kappa shape index (κ1) is 11.1. The Balaban J connectivity index is 2.44. The first-order chi connectivity index (χ1) is 7.20. The third-order valence-electron chi connectivity index (χ3n) is 1.70. The van der Waals surface area contributed by atoms with Crippen LogP contribution < -0.4 is 0 Å². The summed E-state index contributed by atoms with van der Waals surface area (Å²) in [6.45, 7) is 0. The highest BCUT2D eigenvalue weighted by atomic mass is 35.5. The molecule has 0 N–H and O–H groups in total. The Morgan fingerprint density at radius 2 is 2.00 bits per heavy atom. The molecule has 0 aliphatic carbocycles. The van der Waals surface area contributed by atoms with Gasteiger partial charge in [-0.15, -0.1) is 22.9 Å². The molecule has 2 rings (SSSR count). The van der Waals surface area contributed by atoms with Crippen molar-refractivity contribution in [2.45, 2.75) is 5.88 Å². The van der Waals surface area contributed by atoms with Crippen LogP contribution in [-0.4, -0.2) is 9.97 Å². The van der Waals surface area contributed by atoms with Crippen LogP contribution in [0.2, 0.25) is 10.0 Å².